The third-order valence-corrected chi connectivity index (χ3v) is 1.61. The maximum Gasteiger partial charge on any atom is 0.278 e. The van der Waals surface area contributed by atoms with Gasteiger partial charge in [0.25, 0.3) is 6.01 Å². The number of benzene rings is 1. The first-order valence-corrected chi connectivity index (χ1v) is 3.46. The van der Waals surface area contributed by atoms with Crippen LogP contribution in [0.4, 0.5) is 4.39 Å². The summed E-state index contributed by atoms with van der Waals surface area (Å²) in [5, 5.41) is 0. The molecule has 12 heavy (non-hydrogen) atoms. The van der Waals surface area contributed by atoms with Crippen LogP contribution in [0, 0.1) is 6.01 Å². The van der Waals surface area contributed by atoms with Gasteiger partial charge in [0.15, 0.2) is 5.43 Å². The molecule has 0 bridgehead atoms. The number of halogens is 1. The van der Waals surface area contributed by atoms with Crippen LogP contribution in [0.3, 0.4) is 0 Å². The van der Waals surface area contributed by atoms with Crippen LogP contribution in [-0.2, 0) is 0 Å². The number of hydrogen-bond donors (Lipinski definition) is 0. The van der Waals surface area contributed by atoms with Crippen molar-refractivity contribution in [1.29, 1.82) is 0 Å². The number of rotatable bonds is 0. The second-order valence-electron chi connectivity index (χ2n) is 2.41. The van der Waals surface area contributed by atoms with Gasteiger partial charge in [0, 0.05) is 6.07 Å². The lowest BCUT2D eigenvalue weighted by atomic mass is 10.1. The third-order valence-electron chi connectivity index (χ3n) is 1.61. The fraction of sp³-hybridized carbons (Fsp3) is 0. The molecule has 0 aromatic carbocycles. The van der Waals surface area contributed by atoms with Gasteiger partial charge in [0.05, 0.1) is 5.56 Å². The standard InChI is InChI=1S/C9H5FO2/c10-9-5-4-6-7(11)2-1-3-8(6)12-9/h1-5H. The zero-order valence-electron chi connectivity index (χ0n) is 6.08. The summed E-state index contributed by atoms with van der Waals surface area (Å²) < 4.78 is 17.2. The molecule has 0 aromatic heterocycles. The second kappa shape index (κ2) is 2.44. The molecule has 60 valence electrons. The third kappa shape index (κ3) is 0.993. The molecule has 2 rings (SSSR count). The maximum atomic E-state index is 12.5. The van der Waals surface area contributed by atoms with E-state index in [1.54, 1.807) is 6.07 Å². The lowest BCUT2D eigenvalue weighted by Gasteiger charge is -2.00. The predicted octanol–water partition coefficient (Wildman–Crippen LogP) is 1.88. The quantitative estimate of drug-likeness (QED) is 0.595. The van der Waals surface area contributed by atoms with Gasteiger partial charge in [-0.15, -0.1) is 0 Å². The van der Waals surface area contributed by atoms with Crippen molar-refractivity contribution in [2.45, 2.75) is 0 Å². The van der Waals surface area contributed by atoms with Gasteiger partial charge in [0.2, 0.25) is 0 Å². The molecule has 0 atom stereocenters. The molecule has 0 saturated heterocycles. The molecule has 1 aliphatic carbocycles. The Morgan fingerprint density at radius 2 is 2.00 bits per heavy atom. The second-order valence-corrected chi connectivity index (χ2v) is 2.41. The van der Waals surface area contributed by atoms with Crippen LogP contribution >= 0.6 is 0 Å². The molecule has 0 N–H and O–H groups in total. The summed E-state index contributed by atoms with van der Waals surface area (Å²) in [6.07, 6.45) is 0. The van der Waals surface area contributed by atoms with E-state index in [0.717, 1.165) is 6.07 Å². The average Bonchev–Trinajstić information content (AvgIpc) is 2.04. The summed E-state index contributed by atoms with van der Waals surface area (Å²) in [7, 11) is 0. The maximum absolute atomic E-state index is 12.5. The fourth-order valence-electron chi connectivity index (χ4n) is 1.07. The normalized spacial score (nSPS) is 10.4. The Morgan fingerprint density at radius 1 is 1.17 bits per heavy atom. The van der Waals surface area contributed by atoms with Gasteiger partial charge in [-0.3, -0.25) is 4.79 Å². The van der Waals surface area contributed by atoms with Crippen molar-refractivity contribution >= 4 is 0 Å². The lowest BCUT2D eigenvalue weighted by Crippen LogP contribution is -2.02. The fourth-order valence-corrected chi connectivity index (χ4v) is 1.07. The van der Waals surface area contributed by atoms with Gasteiger partial charge in [0.1, 0.15) is 5.76 Å². The van der Waals surface area contributed by atoms with Crippen LogP contribution in [0.15, 0.2) is 39.5 Å². The number of fused-ring (bicyclic) bond motifs is 1. The van der Waals surface area contributed by atoms with Crippen molar-refractivity contribution in [3.05, 3.63) is 46.6 Å². The Balaban J connectivity index is 2.86. The first-order chi connectivity index (χ1) is 5.77. The van der Waals surface area contributed by atoms with Crippen molar-refractivity contribution in [2.75, 3.05) is 0 Å². The molecule has 2 nitrogen and oxygen atoms in total. The molecule has 0 radical (unpaired) electrons. The van der Waals surface area contributed by atoms with Gasteiger partial charge in [-0.2, -0.15) is 4.39 Å². The zero-order valence-corrected chi connectivity index (χ0v) is 6.08. The largest absolute Gasteiger partial charge is 0.431 e. The Labute approximate surface area is 67.6 Å². The van der Waals surface area contributed by atoms with Gasteiger partial charge in [-0.25, -0.2) is 0 Å². The monoisotopic (exact) mass is 164 g/mol. The van der Waals surface area contributed by atoms with E-state index in [4.69, 9.17) is 0 Å². The molecule has 1 aliphatic heterocycles. The van der Waals surface area contributed by atoms with E-state index in [1.807, 2.05) is 0 Å². The highest BCUT2D eigenvalue weighted by atomic mass is 19.1. The van der Waals surface area contributed by atoms with Crippen LogP contribution in [0.2, 0.25) is 0 Å². The van der Waals surface area contributed by atoms with E-state index in [0.29, 0.717) is 5.56 Å². The van der Waals surface area contributed by atoms with Crippen molar-refractivity contribution < 1.29 is 8.81 Å². The molecule has 0 fully saturated rings. The lowest BCUT2D eigenvalue weighted by molar-refractivity contribution is 0.353. The van der Waals surface area contributed by atoms with Gasteiger partial charge in [-0.1, -0.05) is 6.07 Å². The summed E-state index contributed by atoms with van der Waals surface area (Å²) >= 11 is 0. The Bertz CT molecular complexity index is 433. The summed E-state index contributed by atoms with van der Waals surface area (Å²) in [5.41, 5.74) is 0.246. The van der Waals surface area contributed by atoms with Crippen LogP contribution in [0.25, 0.3) is 11.3 Å². The van der Waals surface area contributed by atoms with E-state index in [9.17, 15) is 9.18 Å². The van der Waals surface area contributed by atoms with E-state index < -0.39 is 6.01 Å². The SMILES string of the molecule is O=c1cccc2oc(F)ccc1-2. The molecule has 0 spiro atoms. The highest BCUT2D eigenvalue weighted by Crippen LogP contribution is 2.17. The summed E-state index contributed by atoms with van der Waals surface area (Å²) in [6.45, 7) is 0. The van der Waals surface area contributed by atoms with Crippen molar-refractivity contribution in [2.24, 2.45) is 0 Å². The van der Waals surface area contributed by atoms with Crippen LogP contribution in [0.5, 0.6) is 0 Å². The number of hydrogen-bond acceptors (Lipinski definition) is 2. The smallest absolute Gasteiger partial charge is 0.278 e. The summed E-state index contributed by atoms with van der Waals surface area (Å²) in [4.78, 5) is 11.1. The molecule has 0 amide bonds. The van der Waals surface area contributed by atoms with Crippen LogP contribution < -0.4 is 5.43 Å². The average molecular weight is 164 g/mol. The highest BCUT2D eigenvalue weighted by Gasteiger charge is 2.07. The topological polar surface area (TPSA) is 30.2 Å². The van der Waals surface area contributed by atoms with Gasteiger partial charge >= 0.3 is 0 Å². The molecule has 1 heterocycles. The molecular weight excluding hydrogens is 159 g/mol. The Morgan fingerprint density at radius 3 is 2.83 bits per heavy atom. The summed E-state index contributed by atoms with van der Waals surface area (Å²) in [6, 6.07) is 6.36. The minimum atomic E-state index is -0.687. The minimum absolute atomic E-state index is 0.156. The van der Waals surface area contributed by atoms with E-state index in [-0.39, 0.29) is 11.2 Å². The molecular formula is C9H5FO2. The summed E-state index contributed by atoms with van der Waals surface area (Å²) in [5.74, 6) is 0.280. The molecule has 0 unspecified atom stereocenters. The van der Waals surface area contributed by atoms with Crippen molar-refractivity contribution in [1.82, 2.24) is 0 Å². The van der Waals surface area contributed by atoms with Gasteiger partial charge in [-0.05, 0) is 18.2 Å². The Kier molecular flexibility index (Phi) is 1.43. The molecule has 3 heteroatoms. The van der Waals surface area contributed by atoms with Crippen LogP contribution in [0.1, 0.15) is 0 Å². The van der Waals surface area contributed by atoms with Crippen LogP contribution in [-0.4, -0.2) is 0 Å². The molecule has 0 saturated carbocycles. The van der Waals surface area contributed by atoms with E-state index in [1.165, 1.54) is 18.2 Å². The highest BCUT2D eigenvalue weighted by molar-refractivity contribution is 5.57. The molecule has 2 aliphatic rings. The Hall–Kier alpha value is -1.64. The first-order valence-electron chi connectivity index (χ1n) is 3.46. The van der Waals surface area contributed by atoms with E-state index >= 15 is 0 Å². The van der Waals surface area contributed by atoms with Crippen molar-refractivity contribution in [3.8, 4) is 11.3 Å². The first kappa shape index (κ1) is 7.03. The van der Waals surface area contributed by atoms with Crippen molar-refractivity contribution in [3.63, 3.8) is 0 Å². The predicted molar refractivity (Wildman–Crippen MR) is 41.6 cm³/mol. The zero-order chi connectivity index (χ0) is 8.55. The van der Waals surface area contributed by atoms with E-state index in [2.05, 4.69) is 4.42 Å². The minimum Gasteiger partial charge on any atom is -0.431 e. The molecule has 0 aromatic rings. The van der Waals surface area contributed by atoms with Gasteiger partial charge < -0.3 is 4.42 Å².